The van der Waals surface area contributed by atoms with Crippen LogP contribution in [0.15, 0.2) is 0 Å². The first-order chi connectivity index (χ1) is 8.77. The van der Waals surface area contributed by atoms with Crippen LogP contribution >= 0.6 is 0 Å². The van der Waals surface area contributed by atoms with E-state index in [0.29, 0.717) is 12.0 Å². The SMILES string of the molecule is CN(CC1CCCOC1)C1CCCCCCC1O. The van der Waals surface area contributed by atoms with Crippen molar-refractivity contribution in [3.05, 3.63) is 0 Å². The smallest absolute Gasteiger partial charge is 0.0695 e. The lowest BCUT2D eigenvalue weighted by atomic mass is 9.92. The Morgan fingerprint density at radius 2 is 1.83 bits per heavy atom. The van der Waals surface area contributed by atoms with Gasteiger partial charge in [0.05, 0.1) is 12.7 Å². The average molecular weight is 255 g/mol. The lowest BCUT2D eigenvalue weighted by Gasteiger charge is -2.36. The Bertz CT molecular complexity index is 229. The van der Waals surface area contributed by atoms with E-state index in [1.54, 1.807) is 0 Å². The largest absolute Gasteiger partial charge is 0.391 e. The van der Waals surface area contributed by atoms with Gasteiger partial charge in [0.15, 0.2) is 0 Å². The number of ether oxygens (including phenoxy) is 1. The molecule has 106 valence electrons. The van der Waals surface area contributed by atoms with Crippen molar-refractivity contribution in [3.63, 3.8) is 0 Å². The number of rotatable bonds is 3. The fourth-order valence-electron chi connectivity index (χ4n) is 3.45. The number of hydrogen-bond donors (Lipinski definition) is 1. The van der Waals surface area contributed by atoms with Gasteiger partial charge < -0.3 is 14.7 Å². The molecule has 1 heterocycles. The molecule has 2 aliphatic rings. The summed E-state index contributed by atoms with van der Waals surface area (Å²) in [6.07, 6.45) is 9.60. The maximum atomic E-state index is 10.3. The molecule has 3 atom stereocenters. The number of likely N-dealkylation sites (N-methyl/N-ethyl adjacent to an activating group) is 1. The second-order valence-corrected chi connectivity index (χ2v) is 6.15. The van der Waals surface area contributed by atoms with E-state index >= 15 is 0 Å². The molecule has 1 aliphatic carbocycles. The molecule has 3 heteroatoms. The number of nitrogens with zero attached hydrogens (tertiary/aromatic N) is 1. The van der Waals surface area contributed by atoms with Crippen LogP contribution in [0.2, 0.25) is 0 Å². The molecule has 0 amide bonds. The maximum Gasteiger partial charge on any atom is 0.0695 e. The Balaban J connectivity index is 1.82. The highest BCUT2D eigenvalue weighted by atomic mass is 16.5. The van der Waals surface area contributed by atoms with Gasteiger partial charge in [-0.05, 0) is 38.6 Å². The summed E-state index contributed by atoms with van der Waals surface area (Å²) in [7, 11) is 2.18. The molecule has 0 spiro atoms. The van der Waals surface area contributed by atoms with Gasteiger partial charge in [0.2, 0.25) is 0 Å². The third kappa shape index (κ3) is 4.22. The summed E-state index contributed by atoms with van der Waals surface area (Å²) in [6.45, 7) is 2.93. The summed E-state index contributed by atoms with van der Waals surface area (Å²) in [6, 6.07) is 0.368. The van der Waals surface area contributed by atoms with Crippen LogP contribution in [0.1, 0.15) is 51.4 Å². The minimum atomic E-state index is -0.125. The lowest BCUT2D eigenvalue weighted by molar-refractivity contribution is 0.00615. The van der Waals surface area contributed by atoms with Crippen LogP contribution < -0.4 is 0 Å². The third-order valence-corrected chi connectivity index (χ3v) is 4.56. The number of hydrogen-bond acceptors (Lipinski definition) is 3. The van der Waals surface area contributed by atoms with Gasteiger partial charge in [0.1, 0.15) is 0 Å². The maximum absolute atomic E-state index is 10.3. The van der Waals surface area contributed by atoms with Crippen LogP contribution in [-0.4, -0.2) is 49.0 Å². The summed E-state index contributed by atoms with van der Waals surface area (Å²) >= 11 is 0. The fraction of sp³-hybridized carbons (Fsp3) is 1.00. The summed E-state index contributed by atoms with van der Waals surface area (Å²) in [4.78, 5) is 2.40. The predicted octanol–water partition coefficient (Wildman–Crippen LogP) is 2.43. The minimum Gasteiger partial charge on any atom is -0.391 e. The van der Waals surface area contributed by atoms with Crippen molar-refractivity contribution in [2.75, 3.05) is 26.8 Å². The van der Waals surface area contributed by atoms with Crippen LogP contribution in [0.5, 0.6) is 0 Å². The molecule has 0 radical (unpaired) electrons. The van der Waals surface area contributed by atoms with E-state index in [9.17, 15) is 5.11 Å². The quantitative estimate of drug-likeness (QED) is 0.840. The predicted molar refractivity (Wildman–Crippen MR) is 73.7 cm³/mol. The first-order valence-corrected chi connectivity index (χ1v) is 7.73. The van der Waals surface area contributed by atoms with E-state index in [-0.39, 0.29) is 6.10 Å². The van der Waals surface area contributed by atoms with E-state index in [1.165, 1.54) is 38.5 Å². The molecule has 0 aromatic heterocycles. The highest BCUT2D eigenvalue weighted by Crippen LogP contribution is 2.23. The topological polar surface area (TPSA) is 32.7 Å². The monoisotopic (exact) mass is 255 g/mol. The van der Waals surface area contributed by atoms with Crippen LogP contribution in [0.25, 0.3) is 0 Å². The number of aliphatic hydroxyl groups is 1. The Morgan fingerprint density at radius 1 is 1.06 bits per heavy atom. The Morgan fingerprint density at radius 3 is 2.56 bits per heavy atom. The van der Waals surface area contributed by atoms with Crippen molar-refractivity contribution >= 4 is 0 Å². The van der Waals surface area contributed by atoms with Gasteiger partial charge in [0.25, 0.3) is 0 Å². The second kappa shape index (κ2) is 7.46. The third-order valence-electron chi connectivity index (χ3n) is 4.56. The summed E-state index contributed by atoms with van der Waals surface area (Å²) < 4.78 is 5.55. The molecule has 1 saturated carbocycles. The summed E-state index contributed by atoms with van der Waals surface area (Å²) in [5.74, 6) is 0.668. The van der Waals surface area contributed by atoms with Gasteiger partial charge in [-0.3, -0.25) is 0 Å². The van der Waals surface area contributed by atoms with Crippen LogP contribution in [0, 0.1) is 5.92 Å². The van der Waals surface area contributed by atoms with Crippen molar-refractivity contribution in [1.29, 1.82) is 0 Å². The Hall–Kier alpha value is -0.120. The first-order valence-electron chi connectivity index (χ1n) is 7.73. The van der Waals surface area contributed by atoms with E-state index in [4.69, 9.17) is 4.74 Å². The molecule has 3 unspecified atom stereocenters. The van der Waals surface area contributed by atoms with E-state index < -0.39 is 0 Å². The van der Waals surface area contributed by atoms with Crippen molar-refractivity contribution in [2.24, 2.45) is 5.92 Å². The molecule has 0 aromatic rings. The highest BCUT2D eigenvalue weighted by Gasteiger charge is 2.26. The standard InChI is InChI=1S/C15H29NO2/c1-16(11-13-7-6-10-18-12-13)14-8-4-2-3-5-9-15(14)17/h13-15,17H,2-12H2,1H3. The zero-order valence-corrected chi connectivity index (χ0v) is 11.8. The zero-order valence-electron chi connectivity index (χ0n) is 11.8. The second-order valence-electron chi connectivity index (χ2n) is 6.15. The van der Waals surface area contributed by atoms with Gasteiger partial charge in [-0.2, -0.15) is 0 Å². The molecule has 0 aromatic carbocycles. The molecule has 1 N–H and O–H groups in total. The molecule has 0 bridgehead atoms. The van der Waals surface area contributed by atoms with Crippen LogP contribution in [-0.2, 0) is 4.74 Å². The van der Waals surface area contributed by atoms with Crippen LogP contribution in [0.4, 0.5) is 0 Å². The zero-order chi connectivity index (χ0) is 12.8. The highest BCUT2D eigenvalue weighted by molar-refractivity contribution is 4.81. The van der Waals surface area contributed by atoms with Gasteiger partial charge in [-0.1, -0.05) is 25.7 Å². The van der Waals surface area contributed by atoms with Gasteiger partial charge >= 0.3 is 0 Å². The van der Waals surface area contributed by atoms with E-state index in [2.05, 4.69) is 11.9 Å². The van der Waals surface area contributed by atoms with Gasteiger partial charge in [0, 0.05) is 19.2 Å². The fourth-order valence-corrected chi connectivity index (χ4v) is 3.45. The van der Waals surface area contributed by atoms with Crippen molar-refractivity contribution < 1.29 is 9.84 Å². The first kappa shape index (κ1) is 14.3. The lowest BCUT2D eigenvalue weighted by Crippen LogP contribution is -2.45. The average Bonchev–Trinajstić information content (AvgIpc) is 2.35. The normalized spacial score (nSPS) is 35.2. The van der Waals surface area contributed by atoms with Crippen molar-refractivity contribution in [3.8, 4) is 0 Å². The number of aliphatic hydroxyl groups excluding tert-OH is 1. The van der Waals surface area contributed by atoms with E-state index in [1.807, 2.05) is 0 Å². The Labute approximate surface area is 112 Å². The summed E-state index contributed by atoms with van der Waals surface area (Å²) in [5.41, 5.74) is 0. The Kier molecular flexibility index (Phi) is 5.93. The van der Waals surface area contributed by atoms with Gasteiger partial charge in [-0.25, -0.2) is 0 Å². The van der Waals surface area contributed by atoms with Crippen molar-refractivity contribution in [1.82, 2.24) is 4.90 Å². The molecule has 1 saturated heterocycles. The molecular formula is C15H29NO2. The van der Waals surface area contributed by atoms with Crippen LogP contribution in [0.3, 0.4) is 0 Å². The molecule has 18 heavy (non-hydrogen) atoms. The van der Waals surface area contributed by atoms with Crippen molar-refractivity contribution in [2.45, 2.75) is 63.5 Å². The molecule has 1 aliphatic heterocycles. The minimum absolute atomic E-state index is 0.125. The van der Waals surface area contributed by atoms with E-state index in [0.717, 1.165) is 32.6 Å². The molecule has 3 nitrogen and oxygen atoms in total. The molecular weight excluding hydrogens is 226 g/mol. The van der Waals surface area contributed by atoms with Gasteiger partial charge in [-0.15, -0.1) is 0 Å². The molecule has 2 fully saturated rings. The summed E-state index contributed by atoms with van der Waals surface area (Å²) in [5, 5.41) is 10.3. The molecule has 2 rings (SSSR count).